The van der Waals surface area contributed by atoms with E-state index in [9.17, 15) is 13.6 Å². The second kappa shape index (κ2) is 22.2. The van der Waals surface area contributed by atoms with Crippen LogP contribution in [0.3, 0.4) is 0 Å². The molecular formula is C15H32F2O2. The fourth-order valence-electron chi connectivity index (χ4n) is 0. The van der Waals surface area contributed by atoms with Crippen LogP contribution in [-0.2, 0) is 4.79 Å². The van der Waals surface area contributed by atoms with Crippen LogP contribution in [-0.4, -0.2) is 22.9 Å². The maximum Gasteiger partial charge on any atom is 0.242 e. The van der Waals surface area contributed by atoms with Gasteiger partial charge in [-0.1, -0.05) is 5.57 Å². The average molecular weight is 282 g/mol. The third-order valence-electron chi connectivity index (χ3n) is 0. The number of Topliss-reactive ketones (excluding diaryl/α,β-unsaturated/α-hetero) is 1. The zero-order chi connectivity index (χ0) is 17.2. The third-order valence-corrected chi connectivity index (χ3v) is 0. The maximum absolute atomic E-state index is 11.0. The molecule has 2 nitrogen and oxygen atoms in total. The van der Waals surface area contributed by atoms with Gasteiger partial charge in [0.2, 0.25) is 5.92 Å². The van der Waals surface area contributed by atoms with Crippen LogP contribution in [0.15, 0.2) is 25.3 Å². The minimum absolute atomic E-state index is 0.167. The highest BCUT2D eigenvalue weighted by Crippen LogP contribution is 2.06. The Balaban J connectivity index is -0.0000000441. The van der Waals surface area contributed by atoms with Gasteiger partial charge in [0.05, 0.1) is 0 Å². The molecule has 0 saturated carbocycles. The molecule has 0 spiro atoms. The number of allylic oxidation sites excluding steroid dienone is 1. The molecule has 0 aliphatic rings. The Bertz CT molecular complexity index is 166. The largest absolute Gasteiger partial charge is 0.394 e. The average Bonchev–Trinajstić information content (AvgIpc) is 1.99. The Labute approximate surface area is 118 Å². The number of halogens is 2. The first-order valence-electron chi connectivity index (χ1n) is 5.85. The molecule has 0 heterocycles. The first kappa shape index (κ1) is 30.8. The molecule has 0 atom stereocenters. The summed E-state index contributed by atoms with van der Waals surface area (Å²) in [5.74, 6) is -2.33. The zero-order valence-electron chi connectivity index (χ0n) is 13.8. The third kappa shape index (κ3) is 3580. The molecule has 0 saturated heterocycles. The number of carbonyl (C=O) groups excluding carboxylic acids is 1. The van der Waals surface area contributed by atoms with Gasteiger partial charge in [0.1, 0.15) is 5.78 Å². The van der Waals surface area contributed by atoms with E-state index in [2.05, 4.69) is 19.7 Å². The van der Waals surface area contributed by atoms with Crippen LogP contribution in [0.2, 0.25) is 0 Å². The molecule has 0 aromatic heterocycles. The van der Waals surface area contributed by atoms with Crippen molar-refractivity contribution in [1.29, 1.82) is 0 Å². The first-order chi connectivity index (χ1) is 8.20. The van der Waals surface area contributed by atoms with E-state index in [0.717, 1.165) is 13.8 Å². The number of ketones is 1. The monoisotopic (exact) mass is 282 g/mol. The molecule has 0 aromatic carbocycles. The van der Waals surface area contributed by atoms with E-state index in [1.165, 1.54) is 19.4 Å². The summed E-state index contributed by atoms with van der Waals surface area (Å²) in [6, 6.07) is 0. The van der Waals surface area contributed by atoms with E-state index >= 15 is 0 Å². The number of hydrogen-bond acceptors (Lipinski definition) is 2. The Morgan fingerprint density at radius 2 is 1.05 bits per heavy atom. The summed E-state index contributed by atoms with van der Waals surface area (Å²) in [4.78, 5) is 9.44. The van der Waals surface area contributed by atoms with Gasteiger partial charge in [-0.15, -0.1) is 19.7 Å². The van der Waals surface area contributed by atoms with E-state index in [1.807, 2.05) is 13.8 Å². The van der Waals surface area contributed by atoms with Gasteiger partial charge in [-0.2, -0.15) is 0 Å². The van der Waals surface area contributed by atoms with E-state index in [1.54, 1.807) is 13.8 Å². The van der Waals surface area contributed by atoms with Gasteiger partial charge in [0, 0.05) is 6.10 Å². The highest BCUT2D eigenvalue weighted by molar-refractivity contribution is 5.72. The minimum Gasteiger partial charge on any atom is -0.394 e. The standard InChI is InChI=1S/C4H8.C3H6F2.C3H8O.C3H6O.C2H4/c1-4(2)3;1-3(2,4)5;2*1-3(2)4;1-2/h1H2,2-3H3;1-2H3;3-4H,1-2H3;1-2H3;1-2H2. The SMILES string of the molecule is C=C.C=C(C)C.CC(C)(F)F.CC(C)=O.CC(C)O. The number of hydrogen-bond donors (Lipinski definition) is 1. The van der Waals surface area contributed by atoms with Crippen LogP contribution >= 0.6 is 0 Å². The Morgan fingerprint density at radius 3 is 1.05 bits per heavy atom. The lowest BCUT2D eigenvalue weighted by Gasteiger charge is -1.94. The molecular weight excluding hydrogens is 250 g/mol. The van der Waals surface area contributed by atoms with Crippen LogP contribution in [0.4, 0.5) is 8.78 Å². The van der Waals surface area contributed by atoms with Crippen molar-refractivity contribution in [2.45, 2.75) is 67.4 Å². The summed E-state index contributed by atoms with van der Waals surface area (Å²) in [5.41, 5.74) is 1.17. The summed E-state index contributed by atoms with van der Waals surface area (Å²) < 4.78 is 22.0. The summed E-state index contributed by atoms with van der Waals surface area (Å²) in [6.45, 7) is 21.7. The summed E-state index contributed by atoms with van der Waals surface area (Å²) in [5, 5.41) is 8.06. The lowest BCUT2D eigenvalue weighted by Crippen LogP contribution is -1.98. The molecule has 0 aliphatic heterocycles. The van der Waals surface area contributed by atoms with Crippen molar-refractivity contribution in [3.8, 4) is 0 Å². The summed E-state index contributed by atoms with van der Waals surface area (Å²) in [7, 11) is 0. The van der Waals surface area contributed by atoms with Crippen LogP contribution in [0.25, 0.3) is 0 Å². The molecule has 0 radical (unpaired) electrons. The van der Waals surface area contributed by atoms with Crippen molar-refractivity contribution in [2.75, 3.05) is 0 Å². The highest BCUT2D eigenvalue weighted by atomic mass is 19.3. The summed E-state index contributed by atoms with van der Waals surface area (Å²) >= 11 is 0. The molecule has 0 bridgehead atoms. The second-order valence-electron chi connectivity index (χ2n) is 4.54. The molecule has 0 unspecified atom stereocenters. The number of aliphatic hydroxyl groups excluding tert-OH is 1. The highest BCUT2D eigenvalue weighted by Gasteiger charge is 2.08. The molecule has 0 amide bonds. The topological polar surface area (TPSA) is 37.3 Å². The maximum atomic E-state index is 11.0. The quantitative estimate of drug-likeness (QED) is 0.633. The fraction of sp³-hybridized carbons (Fsp3) is 0.667. The van der Waals surface area contributed by atoms with Crippen LogP contribution in [0.1, 0.15) is 55.4 Å². The van der Waals surface area contributed by atoms with Crippen molar-refractivity contribution in [3.63, 3.8) is 0 Å². The van der Waals surface area contributed by atoms with Crippen molar-refractivity contribution in [3.05, 3.63) is 25.3 Å². The van der Waals surface area contributed by atoms with Gasteiger partial charge in [-0.3, -0.25) is 0 Å². The van der Waals surface area contributed by atoms with Gasteiger partial charge in [0.25, 0.3) is 0 Å². The van der Waals surface area contributed by atoms with Crippen LogP contribution in [0, 0.1) is 0 Å². The number of aliphatic hydroxyl groups is 1. The smallest absolute Gasteiger partial charge is 0.242 e. The minimum atomic E-state index is -2.50. The predicted molar refractivity (Wildman–Crippen MR) is 81.7 cm³/mol. The zero-order valence-corrected chi connectivity index (χ0v) is 13.8. The second-order valence-corrected chi connectivity index (χ2v) is 4.54. The molecule has 1 N–H and O–H groups in total. The van der Waals surface area contributed by atoms with Crippen molar-refractivity contribution in [2.24, 2.45) is 0 Å². The summed E-state index contributed by atoms with van der Waals surface area (Å²) in [6.07, 6.45) is -0.167. The van der Waals surface area contributed by atoms with Crippen LogP contribution < -0.4 is 0 Å². The fourth-order valence-corrected chi connectivity index (χ4v) is 0. The molecule has 4 heteroatoms. The molecule has 0 aromatic rings. The van der Waals surface area contributed by atoms with Gasteiger partial charge >= 0.3 is 0 Å². The van der Waals surface area contributed by atoms with E-state index in [0.29, 0.717) is 0 Å². The van der Waals surface area contributed by atoms with Gasteiger partial charge in [-0.25, -0.2) is 8.78 Å². The number of alkyl halides is 2. The Hall–Kier alpha value is -1.03. The molecule has 0 fully saturated rings. The van der Waals surface area contributed by atoms with E-state index < -0.39 is 5.92 Å². The molecule has 118 valence electrons. The van der Waals surface area contributed by atoms with Gasteiger partial charge < -0.3 is 9.90 Å². The number of rotatable bonds is 0. The van der Waals surface area contributed by atoms with Crippen molar-refractivity contribution >= 4 is 5.78 Å². The molecule has 19 heavy (non-hydrogen) atoms. The van der Waals surface area contributed by atoms with Gasteiger partial charge in [-0.05, 0) is 55.4 Å². The van der Waals surface area contributed by atoms with E-state index in [4.69, 9.17) is 5.11 Å². The van der Waals surface area contributed by atoms with E-state index in [-0.39, 0.29) is 11.9 Å². The van der Waals surface area contributed by atoms with Gasteiger partial charge in [0.15, 0.2) is 0 Å². The lowest BCUT2D eigenvalue weighted by atomic mass is 10.4. The number of carbonyl (C=O) groups is 1. The van der Waals surface area contributed by atoms with Crippen molar-refractivity contribution < 1.29 is 18.7 Å². The van der Waals surface area contributed by atoms with Crippen LogP contribution in [0.5, 0.6) is 0 Å². The molecule has 0 aliphatic carbocycles. The molecule has 0 rings (SSSR count). The Kier molecular flexibility index (Phi) is 35.9. The normalized spacial score (nSPS) is 8.00. The lowest BCUT2D eigenvalue weighted by molar-refractivity contribution is -0.115. The first-order valence-corrected chi connectivity index (χ1v) is 5.85. The Morgan fingerprint density at radius 1 is 1.05 bits per heavy atom. The predicted octanol–water partition coefficient (Wildman–Crippen LogP) is 5.03. The van der Waals surface area contributed by atoms with Crippen molar-refractivity contribution in [1.82, 2.24) is 0 Å².